The van der Waals surface area contributed by atoms with Gasteiger partial charge in [0.15, 0.2) is 0 Å². The van der Waals surface area contributed by atoms with Crippen molar-refractivity contribution in [1.82, 2.24) is 24.8 Å². The molecule has 164 valence electrons. The van der Waals surface area contributed by atoms with E-state index in [1.807, 2.05) is 43.0 Å². The second-order valence-corrected chi connectivity index (χ2v) is 9.18. The highest BCUT2D eigenvalue weighted by molar-refractivity contribution is 7.98. The molecule has 1 amide bonds. The van der Waals surface area contributed by atoms with Gasteiger partial charge >= 0.3 is 0 Å². The van der Waals surface area contributed by atoms with Gasteiger partial charge in [-0.25, -0.2) is 15.0 Å². The summed E-state index contributed by atoms with van der Waals surface area (Å²) in [5, 5.41) is 3.31. The van der Waals surface area contributed by atoms with Crippen LogP contribution in [0.3, 0.4) is 0 Å². The Bertz CT molecular complexity index is 990. The first-order chi connectivity index (χ1) is 15.0. The number of likely N-dealkylation sites (tertiary alicyclic amines) is 1. The number of nitrogens with zero attached hydrogens (tertiary/aromatic N) is 4. The maximum atomic E-state index is 13.3. The number of hydrogen-bond acceptors (Lipinski definition) is 6. The normalized spacial score (nSPS) is 15.9. The number of hydrogen-bond donors (Lipinski definition) is 2. The lowest BCUT2D eigenvalue weighted by atomic mass is 9.95. The molecule has 3 aromatic rings. The molecule has 1 aliphatic rings. The molecule has 31 heavy (non-hydrogen) atoms. The molecule has 0 radical (unpaired) electrons. The van der Waals surface area contributed by atoms with E-state index in [0.29, 0.717) is 11.9 Å². The summed E-state index contributed by atoms with van der Waals surface area (Å²) in [4.78, 5) is 32.5. The molecule has 1 saturated heterocycles. The molecule has 4 rings (SSSR count). The first-order valence-corrected chi connectivity index (χ1v) is 12.2. The Morgan fingerprint density at radius 2 is 1.90 bits per heavy atom. The van der Waals surface area contributed by atoms with Gasteiger partial charge in [-0.3, -0.25) is 4.79 Å². The van der Waals surface area contributed by atoms with Crippen LogP contribution in [0.25, 0.3) is 11.0 Å². The number of benzene rings is 1. The highest BCUT2D eigenvalue weighted by Crippen LogP contribution is 2.28. The summed E-state index contributed by atoms with van der Waals surface area (Å²) >= 11 is 1.75. The second kappa shape index (κ2) is 9.68. The molecule has 3 heterocycles. The number of nitrogens with one attached hydrogen (secondary N) is 2. The van der Waals surface area contributed by atoms with E-state index in [1.54, 1.807) is 11.8 Å². The zero-order valence-corrected chi connectivity index (χ0v) is 19.2. The van der Waals surface area contributed by atoms with Crippen LogP contribution in [-0.2, 0) is 4.79 Å². The molecule has 1 aromatic carbocycles. The van der Waals surface area contributed by atoms with Gasteiger partial charge in [-0.2, -0.15) is 11.8 Å². The number of piperidine rings is 1. The van der Waals surface area contributed by atoms with Crippen LogP contribution >= 0.6 is 11.8 Å². The lowest BCUT2D eigenvalue weighted by Crippen LogP contribution is -2.46. The fourth-order valence-electron chi connectivity index (χ4n) is 4.20. The number of para-hydroxylation sites is 2. The lowest BCUT2D eigenvalue weighted by molar-refractivity contribution is -0.133. The maximum Gasteiger partial charge on any atom is 0.245 e. The SMILES string of the molecule is CSCCC(Nc1nc(C)cc(C)n1)C(=O)N1CCC(c2nc3ccccc3[nH]2)CC1. The molecule has 7 nitrogen and oxygen atoms in total. The van der Waals surface area contributed by atoms with Crippen LogP contribution in [0, 0.1) is 13.8 Å². The summed E-state index contributed by atoms with van der Waals surface area (Å²) < 4.78 is 0. The van der Waals surface area contributed by atoms with E-state index in [2.05, 4.69) is 32.6 Å². The van der Waals surface area contributed by atoms with Gasteiger partial charge in [-0.05, 0) is 63.3 Å². The third kappa shape index (κ3) is 5.18. The summed E-state index contributed by atoms with van der Waals surface area (Å²) in [6.45, 7) is 5.38. The third-order valence-electron chi connectivity index (χ3n) is 5.80. The van der Waals surface area contributed by atoms with Crippen LogP contribution in [0.5, 0.6) is 0 Å². The number of aryl methyl sites for hydroxylation is 2. The van der Waals surface area contributed by atoms with Gasteiger partial charge in [-0.1, -0.05) is 12.1 Å². The lowest BCUT2D eigenvalue weighted by Gasteiger charge is -2.34. The summed E-state index contributed by atoms with van der Waals surface area (Å²) in [5.41, 5.74) is 3.88. The topological polar surface area (TPSA) is 86.8 Å². The van der Waals surface area contributed by atoms with Crippen molar-refractivity contribution in [2.24, 2.45) is 0 Å². The van der Waals surface area contributed by atoms with Gasteiger partial charge in [-0.15, -0.1) is 0 Å². The summed E-state index contributed by atoms with van der Waals surface area (Å²) in [6.07, 6.45) is 4.65. The Morgan fingerprint density at radius 3 is 2.58 bits per heavy atom. The highest BCUT2D eigenvalue weighted by atomic mass is 32.2. The number of imidazole rings is 1. The predicted octanol–water partition coefficient (Wildman–Crippen LogP) is 3.91. The van der Waals surface area contributed by atoms with Crippen LogP contribution in [-0.4, -0.2) is 61.9 Å². The number of anilines is 1. The van der Waals surface area contributed by atoms with Crippen LogP contribution in [0.1, 0.15) is 42.4 Å². The van der Waals surface area contributed by atoms with Crippen LogP contribution in [0.2, 0.25) is 0 Å². The Kier molecular flexibility index (Phi) is 6.75. The molecule has 2 N–H and O–H groups in total. The zero-order chi connectivity index (χ0) is 21.8. The standard InChI is InChI=1S/C23H30N6OS/c1-15-14-16(2)25-23(24-15)28-20(10-13-31-3)22(30)29-11-8-17(9-12-29)21-26-18-6-4-5-7-19(18)27-21/h4-7,14,17,20H,8-13H2,1-3H3,(H,26,27)(H,24,25,28). The molecule has 0 spiro atoms. The Balaban J connectivity index is 1.41. The Hall–Kier alpha value is -2.61. The van der Waals surface area contributed by atoms with Crippen molar-refractivity contribution in [3.63, 3.8) is 0 Å². The Morgan fingerprint density at radius 1 is 1.19 bits per heavy atom. The fourth-order valence-corrected chi connectivity index (χ4v) is 4.67. The third-order valence-corrected chi connectivity index (χ3v) is 6.44. The van der Waals surface area contributed by atoms with E-state index in [-0.39, 0.29) is 11.9 Å². The average Bonchev–Trinajstić information content (AvgIpc) is 3.20. The van der Waals surface area contributed by atoms with Crippen LogP contribution in [0.15, 0.2) is 30.3 Å². The molecule has 0 aliphatic carbocycles. The minimum absolute atomic E-state index is 0.139. The summed E-state index contributed by atoms with van der Waals surface area (Å²) in [5.74, 6) is 2.98. The quantitative estimate of drug-likeness (QED) is 0.582. The smallest absolute Gasteiger partial charge is 0.245 e. The number of carbonyl (C=O) groups is 1. The first-order valence-electron chi connectivity index (χ1n) is 10.8. The number of rotatable bonds is 7. The fraction of sp³-hybridized carbons (Fsp3) is 0.478. The molecule has 8 heteroatoms. The number of aromatic amines is 1. The number of aromatic nitrogens is 4. The van der Waals surface area contributed by atoms with E-state index >= 15 is 0 Å². The van der Waals surface area contributed by atoms with Crippen LogP contribution in [0.4, 0.5) is 5.95 Å². The molecule has 0 saturated carbocycles. The van der Waals surface area contributed by atoms with Crippen molar-refractivity contribution in [2.75, 3.05) is 30.4 Å². The molecule has 1 aliphatic heterocycles. The number of amides is 1. The number of carbonyl (C=O) groups excluding carboxylic acids is 1. The summed E-state index contributed by atoms with van der Waals surface area (Å²) in [6, 6.07) is 9.75. The van der Waals surface area contributed by atoms with Crippen LogP contribution < -0.4 is 5.32 Å². The van der Waals surface area contributed by atoms with E-state index in [0.717, 1.165) is 66.4 Å². The van der Waals surface area contributed by atoms with Gasteiger partial charge in [0.2, 0.25) is 11.9 Å². The Labute approximate surface area is 187 Å². The number of H-pyrrole nitrogens is 1. The predicted molar refractivity (Wildman–Crippen MR) is 127 cm³/mol. The minimum Gasteiger partial charge on any atom is -0.342 e. The van der Waals surface area contributed by atoms with E-state index in [1.165, 1.54) is 0 Å². The minimum atomic E-state index is -0.309. The summed E-state index contributed by atoms with van der Waals surface area (Å²) in [7, 11) is 0. The zero-order valence-electron chi connectivity index (χ0n) is 18.4. The van der Waals surface area contributed by atoms with Gasteiger partial charge in [0.05, 0.1) is 11.0 Å². The van der Waals surface area contributed by atoms with Crippen molar-refractivity contribution in [2.45, 2.75) is 45.1 Å². The van der Waals surface area contributed by atoms with Gasteiger partial charge in [0.25, 0.3) is 0 Å². The molecule has 1 fully saturated rings. The van der Waals surface area contributed by atoms with Crippen molar-refractivity contribution in [3.05, 3.63) is 47.5 Å². The molecular weight excluding hydrogens is 408 g/mol. The number of fused-ring (bicyclic) bond motifs is 1. The molecule has 2 aromatic heterocycles. The molecule has 0 bridgehead atoms. The van der Waals surface area contributed by atoms with Crippen molar-refractivity contribution >= 4 is 34.7 Å². The average molecular weight is 439 g/mol. The monoisotopic (exact) mass is 438 g/mol. The molecular formula is C23H30N6OS. The van der Waals surface area contributed by atoms with Gasteiger partial charge in [0.1, 0.15) is 11.9 Å². The largest absolute Gasteiger partial charge is 0.342 e. The van der Waals surface area contributed by atoms with E-state index in [4.69, 9.17) is 4.98 Å². The van der Waals surface area contributed by atoms with Crippen molar-refractivity contribution in [1.29, 1.82) is 0 Å². The van der Waals surface area contributed by atoms with Crippen molar-refractivity contribution < 1.29 is 4.79 Å². The highest BCUT2D eigenvalue weighted by Gasteiger charge is 2.30. The second-order valence-electron chi connectivity index (χ2n) is 8.19. The maximum absolute atomic E-state index is 13.3. The molecule has 1 atom stereocenters. The van der Waals surface area contributed by atoms with E-state index in [9.17, 15) is 4.79 Å². The van der Waals surface area contributed by atoms with Gasteiger partial charge < -0.3 is 15.2 Å². The van der Waals surface area contributed by atoms with E-state index < -0.39 is 0 Å². The molecule has 1 unspecified atom stereocenters. The first kappa shape index (κ1) is 21.6. The number of thioether (sulfide) groups is 1. The van der Waals surface area contributed by atoms with Crippen molar-refractivity contribution in [3.8, 4) is 0 Å². The van der Waals surface area contributed by atoms with Gasteiger partial charge in [0, 0.05) is 30.4 Å².